The van der Waals surface area contributed by atoms with Crippen molar-refractivity contribution in [1.82, 2.24) is 25.5 Å². The molecule has 0 saturated heterocycles. The zero-order valence-electron chi connectivity index (χ0n) is 9.80. The van der Waals surface area contributed by atoms with E-state index >= 15 is 0 Å². The first-order chi connectivity index (χ1) is 8.65. The maximum Gasteiger partial charge on any atom is 0.216 e. The first-order valence-electron chi connectivity index (χ1n) is 5.43. The van der Waals surface area contributed by atoms with Crippen molar-refractivity contribution in [2.45, 2.75) is 13.5 Å². The molecule has 0 spiro atoms. The Kier molecular flexibility index (Phi) is 4.03. The second-order valence-corrected chi connectivity index (χ2v) is 4.61. The zero-order chi connectivity index (χ0) is 13.0. The normalized spacial score (nSPS) is 10.3. The van der Waals surface area contributed by atoms with Crippen LogP contribution in [0.25, 0.3) is 11.4 Å². The van der Waals surface area contributed by atoms with Crippen LogP contribution in [0.5, 0.6) is 0 Å². The minimum Gasteiger partial charge on any atom is -0.354 e. The highest BCUT2D eigenvalue weighted by Gasteiger charge is 2.05. The molecule has 0 bridgehead atoms. The maximum atomic E-state index is 10.7. The van der Waals surface area contributed by atoms with E-state index in [2.05, 4.69) is 36.7 Å². The molecule has 0 fully saturated rings. The SMILES string of the molecule is CC(=O)NCCn1nnc(-c2ccc(Br)cc2)n1. The van der Waals surface area contributed by atoms with E-state index in [1.165, 1.54) is 11.7 Å². The van der Waals surface area contributed by atoms with Crippen LogP contribution < -0.4 is 5.32 Å². The Balaban J connectivity index is 2.01. The molecule has 1 aromatic carbocycles. The number of benzene rings is 1. The third-order valence-corrected chi connectivity index (χ3v) is 2.77. The Morgan fingerprint density at radius 3 is 2.78 bits per heavy atom. The quantitative estimate of drug-likeness (QED) is 0.922. The summed E-state index contributed by atoms with van der Waals surface area (Å²) in [5.41, 5.74) is 0.906. The van der Waals surface area contributed by atoms with Crippen molar-refractivity contribution in [1.29, 1.82) is 0 Å². The van der Waals surface area contributed by atoms with E-state index in [9.17, 15) is 4.79 Å². The van der Waals surface area contributed by atoms with Gasteiger partial charge in [-0.1, -0.05) is 15.9 Å². The number of rotatable bonds is 4. The molecule has 2 rings (SSSR count). The van der Waals surface area contributed by atoms with Crippen molar-refractivity contribution in [3.63, 3.8) is 0 Å². The number of tetrazole rings is 1. The second kappa shape index (κ2) is 5.72. The number of carbonyl (C=O) groups excluding carboxylic acids is 1. The molecule has 0 atom stereocenters. The van der Waals surface area contributed by atoms with Crippen LogP contribution in [-0.2, 0) is 11.3 Å². The summed E-state index contributed by atoms with van der Waals surface area (Å²) < 4.78 is 1.00. The third-order valence-electron chi connectivity index (χ3n) is 2.24. The summed E-state index contributed by atoms with van der Waals surface area (Å²) >= 11 is 3.37. The fraction of sp³-hybridized carbons (Fsp3) is 0.273. The molecule has 6 nitrogen and oxygen atoms in total. The number of hydrogen-bond donors (Lipinski definition) is 1. The van der Waals surface area contributed by atoms with Gasteiger partial charge in [-0.3, -0.25) is 4.79 Å². The first kappa shape index (κ1) is 12.7. The highest BCUT2D eigenvalue weighted by atomic mass is 79.9. The van der Waals surface area contributed by atoms with Gasteiger partial charge in [0.2, 0.25) is 11.7 Å². The standard InChI is InChI=1S/C11H12BrN5O/c1-8(18)13-6-7-17-15-11(14-16-17)9-2-4-10(12)5-3-9/h2-5H,6-7H2,1H3,(H,13,18). The van der Waals surface area contributed by atoms with E-state index < -0.39 is 0 Å². The lowest BCUT2D eigenvalue weighted by Crippen LogP contribution is -2.25. The first-order valence-corrected chi connectivity index (χ1v) is 6.22. The molecule has 0 aliphatic rings. The molecule has 94 valence electrons. The van der Waals surface area contributed by atoms with Crippen LogP contribution in [0, 0.1) is 0 Å². The van der Waals surface area contributed by atoms with Gasteiger partial charge < -0.3 is 5.32 Å². The molecule has 0 aliphatic carbocycles. The Labute approximate surface area is 113 Å². The summed E-state index contributed by atoms with van der Waals surface area (Å²) in [6, 6.07) is 7.68. The van der Waals surface area contributed by atoms with Gasteiger partial charge >= 0.3 is 0 Å². The molecule has 0 unspecified atom stereocenters. The smallest absolute Gasteiger partial charge is 0.216 e. The molecule has 2 aromatic rings. The van der Waals surface area contributed by atoms with E-state index in [0.29, 0.717) is 18.9 Å². The lowest BCUT2D eigenvalue weighted by molar-refractivity contribution is -0.119. The fourth-order valence-corrected chi connectivity index (χ4v) is 1.65. The van der Waals surface area contributed by atoms with Crippen LogP contribution in [0.2, 0.25) is 0 Å². The van der Waals surface area contributed by atoms with E-state index in [1.54, 1.807) is 0 Å². The van der Waals surface area contributed by atoms with Gasteiger partial charge in [-0.15, -0.1) is 10.2 Å². The molecule has 18 heavy (non-hydrogen) atoms. The minimum absolute atomic E-state index is 0.0664. The molecule has 0 radical (unpaired) electrons. The average Bonchev–Trinajstić information content (AvgIpc) is 2.78. The minimum atomic E-state index is -0.0664. The van der Waals surface area contributed by atoms with E-state index in [-0.39, 0.29) is 5.91 Å². The van der Waals surface area contributed by atoms with Gasteiger partial charge in [-0.2, -0.15) is 4.80 Å². The van der Waals surface area contributed by atoms with Crippen LogP contribution in [0.1, 0.15) is 6.92 Å². The highest BCUT2D eigenvalue weighted by molar-refractivity contribution is 9.10. The number of nitrogens with one attached hydrogen (secondary N) is 1. The van der Waals surface area contributed by atoms with Crippen LogP contribution in [0.3, 0.4) is 0 Å². The summed E-state index contributed by atoms with van der Waals surface area (Å²) in [5, 5.41) is 14.8. The lowest BCUT2D eigenvalue weighted by Gasteiger charge is -1.99. The Morgan fingerprint density at radius 1 is 1.39 bits per heavy atom. The van der Waals surface area contributed by atoms with Crippen LogP contribution in [0.15, 0.2) is 28.7 Å². The van der Waals surface area contributed by atoms with E-state index in [0.717, 1.165) is 10.0 Å². The summed E-state index contributed by atoms with van der Waals surface area (Å²) in [6.07, 6.45) is 0. The molecule has 1 aromatic heterocycles. The Bertz CT molecular complexity index is 537. The molecule has 1 heterocycles. The van der Waals surface area contributed by atoms with Gasteiger partial charge in [0, 0.05) is 23.5 Å². The van der Waals surface area contributed by atoms with Crippen LogP contribution in [0.4, 0.5) is 0 Å². The summed E-state index contributed by atoms with van der Waals surface area (Å²) in [6.45, 7) is 2.47. The van der Waals surface area contributed by atoms with Gasteiger partial charge in [-0.25, -0.2) is 0 Å². The molecular formula is C11H12BrN5O. The zero-order valence-corrected chi connectivity index (χ0v) is 11.4. The highest BCUT2D eigenvalue weighted by Crippen LogP contribution is 2.17. The van der Waals surface area contributed by atoms with Crippen molar-refractivity contribution in [2.24, 2.45) is 0 Å². The summed E-state index contributed by atoms with van der Waals surface area (Å²) in [5.74, 6) is 0.508. The third kappa shape index (κ3) is 3.36. The lowest BCUT2D eigenvalue weighted by atomic mass is 10.2. The molecule has 1 N–H and O–H groups in total. The number of nitrogens with zero attached hydrogens (tertiary/aromatic N) is 4. The molecule has 0 aliphatic heterocycles. The van der Waals surface area contributed by atoms with Crippen molar-refractivity contribution in [2.75, 3.05) is 6.54 Å². The molecule has 0 saturated carbocycles. The topological polar surface area (TPSA) is 72.7 Å². The number of carbonyl (C=O) groups is 1. The largest absolute Gasteiger partial charge is 0.354 e. The predicted octanol–water partition coefficient (Wildman–Crippen LogP) is 1.24. The average molecular weight is 310 g/mol. The number of hydrogen-bond acceptors (Lipinski definition) is 4. The van der Waals surface area contributed by atoms with Crippen molar-refractivity contribution < 1.29 is 4.79 Å². The predicted molar refractivity (Wildman–Crippen MR) is 69.6 cm³/mol. The Hall–Kier alpha value is -1.76. The fourth-order valence-electron chi connectivity index (χ4n) is 1.38. The summed E-state index contributed by atoms with van der Waals surface area (Å²) in [4.78, 5) is 12.2. The van der Waals surface area contributed by atoms with Crippen molar-refractivity contribution in [3.8, 4) is 11.4 Å². The van der Waals surface area contributed by atoms with Gasteiger partial charge in [-0.05, 0) is 29.5 Å². The van der Waals surface area contributed by atoms with Gasteiger partial charge in [0.05, 0.1) is 6.54 Å². The van der Waals surface area contributed by atoms with Crippen LogP contribution in [-0.4, -0.2) is 32.7 Å². The number of aromatic nitrogens is 4. The van der Waals surface area contributed by atoms with Gasteiger partial charge in [0.15, 0.2) is 0 Å². The van der Waals surface area contributed by atoms with E-state index in [4.69, 9.17) is 0 Å². The number of amides is 1. The van der Waals surface area contributed by atoms with Gasteiger partial charge in [0.25, 0.3) is 0 Å². The second-order valence-electron chi connectivity index (χ2n) is 3.70. The van der Waals surface area contributed by atoms with Crippen molar-refractivity contribution >= 4 is 21.8 Å². The Morgan fingerprint density at radius 2 is 2.11 bits per heavy atom. The van der Waals surface area contributed by atoms with E-state index in [1.807, 2.05) is 24.3 Å². The molecule has 1 amide bonds. The maximum absolute atomic E-state index is 10.7. The number of halogens is 1. The molecule has 7 heteroatoms. The van der Waals surface area contributed by atoms with Crippen LogP contribution >= 0.6 is 15.9 Å². The van der Waals surface area contributed by atoms with Gasteiger partial charge in [0.1, 0.15) is 0 Å². The molecular weight excluding hydrogens is 298 g/mol. The van der Waals surface area contributed by atoms with Crippen molar-refractivity contribution in [3.05, 3.63) is 28.7 Å². The monoisotopic (exact) mass is 309 g/mol. The summed E-state index contributed by atoms with van der Waals surface area (Å²) in [7, 11) is 0.